The lowest BCUT2D eigenvalue weighted by molar-refractivity contribution is 0.0271. The van der Waals surface area contributed by atoms with Gasteiger partial charge in [0.2, 0.25) is 0 Å². The van der Waals surface area contributed by atoms with Crippen LogP contribution in [0.5, 0.6) is 0 Å². The molecule has 0 radical (unpaired) electrons. The van der Waals surface area contributed by atoms with Crippen molar-refractivity contribution in [3.63, 3.8) is 0 Å². The zero-order chi connectivity index (χ0) is 15.7. The van der Waals surface area contributed by atoms with Gasteiger partial charge in [0.05, 0.1) is 0 Å². The highest BCUT2D eigenvalue weighted by atomic mass is 15.0. The predicted molar refractivity (Wildman–Crippen MR) is 91.2 cm³/mol. The molecule has 3 N–H and O–H groups in total. The van der Waals surface area contributed by atoms with Crippen LogP contribution in [-0.2, 0) is 0 Å². The van der Waals surface area contributed by atoms with Crippen molar-refractivity contribution >= 4 is 0 Å². The fourth-order valence-electron chi connectivity index (χ4n) is 4.90. The highest BCUT2D eigenvalue weighted by molar-refractivity contribution is 5.19. The summed E-state index contributed by atoms with van der Waals surface area (Å²) >= 11 is 0. The van der Waals surface area contributed by atoms with Crippen LogP contribution in [0.2, 0.25) is 0 Å². The first-order valence-corrected chi connectivity index (χ1v) is 8.20. The maximum absolute atomic E-state index is 6.24. The van der Waals surface area contributed by atoms with Gasteiger partial charge >= 0.3 is 0 Å². The van der Waals surface area contributed by atoms with Gasteiger partial charge in [0.15, 0.2) is 0 Å². The second-order valence-electron chi connectivity index (χ2n) is 8.62. The van der Waals surface area contributed by atoms with Crippen molar-refractivity contribution in [1.29, 1.82) is 0 Å². The molecule has 1 atom stereocenters. The molecule has 1 aliphatic rings. The molecule has 2 heteroatoms. The van der Waals surface area contributed by atoms with Crippen molar-refractivity contribution in [3.05, 3.63) is 35.9 Å². The number of nitrogens with one attached hydrogen (secondary N) is 1. The quantitative estimate of drug-likeness (QED) is 0.868. The third kappa shape index (κ3) is 4.08. The van der Waals surface area contributed by atoms with Gasteiger partial charge in [-0.3, -0.25) is 0 Å². The molecule has 0 aromatic heterocycles. The molecule has 1 aromatic rings. The fraction of sp³-hybridized carbons (Fsp3) is 0.684. The molecule has 1 fully saturated rings. The summed E-state index contributed by atoms with van der Waals surface area (Å²) in [6, 6.07) is 11.0. The minimum Gasteiger partial charge on any atom is -0.329 e. The topological polar surface area (TPSA) is 38.0 Å². The molecule has 1 unspecified atom stereocenters. The van der Waals surface area contributed by atoms with E-state index >= 15 is 0 Å². The fourth-order valence-corrected chi connectivity index (χ4v) is 4.90. The third-order valence-electron chi connectivity index (χ3n) is 4.80. The number of rotatable bonds is 4. The summed E-state index contributed by atoms with van der Waals surface area (Å²) in [5.41, 5.74) is 8.30. The van der Waals surface area contributed by atoms with Crippen molar-refractivity contribution in [3.8, 4) is 0 Å². The average molecular weight is 288 g/mol. The van der Waals surface area contributed by atoms with E-state index in [-0.39, 0.29) is 5.54 Å². The maximum atomic E-state index is 6.24. The summed E-state index contributed by atoms with van der Waals surface area (Å²) in [5, 5.41) is 3.88. The summed E-state index contributed by atoms with van der Waals surface area (Å²) in [7, 11) is 0. The van der Waals surface area contributed by atoms with Crippen LogP contribution in [0, 0.1) is 10.8 Å². The lowest BCUT2D eigenvalue weighted by atomic mass is 9.58. The minimum absolute atomic E-state index is 0.0422. The van der Waals surface area contributed by atoms with E-state index in [0.717, 1.165) is 12.8 Å². The Labute approximate surface area is 130 Å². The molecule has 1 saturated carbocycles. The molecule has 2 nitrogen and oxygen atoms in total. The van der Waals surface area contributed by atoms with Crippen molar-refractivity contribution in [1.82, 2.24) is 5.32 Å². The number of benzene rings is 1. The van der Waals surface area contributed by atoms with Crippen LogP contribution < -0.4 is 11.1 Å². The van der Waals surface area contributed by atoms with Crippen LogP contribution in [0.15, 0.2) is 30.3 Å². The molecule has 1 aliphatic carbocycles. The van der Waals surface area contributed by atoms with E-state index in [1.807, 2.05) is 0 Å². The van der Waals surface area contributed by atoms with Gasteiger partial charge in [-0.05, 0) is 42.6 Å². The first-order chi connectivity index (χ1) is 9.67. The van der Waals surface area contributed by atoms with Gasteiger partial charge in [0.1, 0.15) is 0 Å². The van der Waals surface area contributed by atoms with Gasteiger partial charge < -0.3 is 11.1 Å². The van der Waals surface area contributed by atoms with Crippen LogP contribution in [0.3, 0.4) is 0 Å². The molecule has 21 heavy (non-hydrogen) atoms. The molecule has 0 saturated heterocycles. The highest BCUT2D eigenvalue weighted by Crippen LogP contribution is 2.50. The molecule has 0 heterocycles. The van der Waals surface area contributed by atoms with E-state index in [2.05, 4.69) is 70.3 Å². The molecule has 1 aromatic carbocycles. The first kappa shape index (κ1) is 16.5. The number of nitrogens with two attached hydrogens (primary N) is 1. The summed E-state index contributed by atoms with van der Waals surface area (Å²) in [6.45, 7) is 12.5. The standard InChI is InChI=1S/C19H32N2/c1-15(16-9-7-6-8-10-16)21-19(14-20)12-17(2,3)11-18(4,5)13-19/h6-10,15,21H,11-14,20H2,1-5H3. The van der Waals surface area contributed by atoms with E-state index in [4.69, 9.17) is 5.73 Å². The normalized spacial score (nSPS) is 24.5. The Balaban J connectivity index is 2.21. The Bertz CT molecular complexity index is 446. The van der Waals surface area contributed by atoms with E-state index in [0.29, 0.717) is 23.4 Å². The van der Waals surface area contributed by atoms with Crippen LogP contribution in [0.1, 0.15) is 65.5 Å². The van der Waals surface area contributed by atoms with E-state index < -0.39 is 0 Å². The van der Waals surface area contributed by atoms with Crippen molar-refractivity contribution < 1.29 is 0 Å². The van der Waals surface area contributed by atoms with Crippen LogP contribution in [-0.4, -0.2) is 12.1 Å². The SMILES string of the molecule is CC(NC1(CN)CC(C)(C)CC(C)(C)C1)c1ccccc1. The summed E-state index contributed by atoms with van der Waals surface area (Å²) < 4.78 is 0. The Kier molecular flexibility index (Phi) is 4.51. The lowest BCUT2D eigenvalue weighted by Crippen LogP contribution is -2.59. The van der Waals surface area contributed by atoms with Crippen LogP contribution >= 0.6 is 0 Å². The molecule has 0 spiro atoms. The first-order valence-electron chi connectivity index (χ1n) is 8.20. The zero-order valence-electron chi connectivity index (χ0n) is 14.4. The molecule has 118 valence electrons. The Hall–Kier alpha value is -0.860. The molecule has 0 bridgehead atoms. The molecular weight excluding hydrogens is 256 g/mol. The van der Waals surface area contributed by atoms with Crippen LogP contribution in [0.4, 0.5) is 0 Å². The average Bonchev–Trinajstić information content (AvgIpc) is 2.36. The van der Waals surface area contributed by atoms with Gasteiger partial charge in [-0.2, -0.15) is 0 Å². The Morgan fingerprint density at radius 2 is 1.52 bits per heavy atom. The monoisotopic (exact) mass is 288 g/mol. The second-order valence-corrected chi connectivity index (χ2v) is 8.62. The minimum atomic E-state index is 0.0422. The molecule has 0 amide bonds. The lowest BCUT2D eigenvalue weighted by Gasteiger charge is -2.53. The molecule has 0 aliphatic heterocycles. The van der Waals surface area contributed by atoms with E-state index in [9.17, 15) is 0 Å². The summed E-state index contributed by atoms with van der Waals surface area (Å²) in [4.78, 5) is 0. The number of hydrogen-bond donors (Lipinski definition) is 2. The third-order valence-corrected chi connectivity index (χ3v) is 4.80. The van der Waals surface area contributed by atoms with Crippen molar-refractivity contribution in [2.24, 2.45) is 16.6 Å². The highest BCUT2D eigenvalue weighted by Gasteiger charge is 2.47. The van der Waals surface area contributed by atoms with Crippen molar-refractivity contribution in [2.75, 3.05) is 6.54 Å². The zero-order valence-corrected chi connectivity index (χ0v) is 14.4. The number of hydrogen-bond acceptors (Lipinski definition) is 2. The van der Waals surface area contributed by atoms with Gasteiger partial charge in [0, 0.05) is 18.1 Å². The Morgan fingerprint density at radius 1 is 1.00 bits per heavy atom. The molecular formula is C19H32N2. The van der Waals surface area contributed by atoms with Crippen molar-refractivity contribution in [2.45, 2.75) is 65.5 Å². The van der Waals surface area contributed by atoms with Crippen LogP contribution in [0.25, 0.3) is 0 Å². The largest absolute Gasteiger partial charge is 0.329 e. The summed E-state index contributed by atoms with van der Waals surface area (Å²) in [6.07, 6.45) is 3.57. The Morgan fingerprint density at radius 3 is 2.00 bits per heavy atom. The van der Waals surface area contributed by atoms with E-state index in [1.54, 1.807) is 0 Å². The van der Waals surface area contributed by atoms with Gasteiger partial charge in [-0.1, -0.05) is 58.0 Å². The predicted octanol–water partition coefficient (Wildman–Crippen LogP) is 4.27. The van der Waals surface area contributed by atoms with E-state index in [1.165, 1.54) is 12.0 Å². The summed E-state index contributed by atoms with van der Waals surface area (Å²) in [5.74, 6) is 0. The second kappa shape index (κ2) is 5.73. The maximum Gasteiger partial charge on any atom is 0.0319 e. The molecule has 2 rings (SSSR count). The van der Waals surface area contributed by atoms with Gasteiger partial charge in [-0.25, -0.2) is 0 Å². The smallest absolute Gasteiger partial charge is 0.0319 e. The van der Waals surface area contributed by atoms with Gasteiger partial charge in [0.25, 0.3) is 0 Å². The van der Waals surface area contributed by atoms with Gasteiger partial charge in [-0.15, -0.1) is 0 Å².